The molecule has 15 heavy (non-hydrogen) atoms. The molecule has 5 heteroatoms. The van der Waals surface area contributed by atoms with Gasteiger partial charge in [-0.05, 0) is 25.5 Å². The SMILES string of the molecule is CCOc1cc(C)c(C(=O)[O-])c(O)c1.[Na+]. The van der Waals surface area contributed by atoms with E-state index in [1.165, 1.54) is 6.07 Å². The van der Waals surface area contributed by atoms with Crippen LogP contribution in [-0.2, 0) is 0 Å². The molecule has 0 spiro atoms. The zero-order valence-corrected chi connectivity index (χ0v) is 11.0. The first kappa shape index (κ1) is 14.3. The summed E-state index contributed by atoms with van der Waals surface area (Å²) in [5, 5.41) is 20.0. The normalized spacial score (nSPS) is 9.20. The second-order valence-corrected chi connectivity index (χ2v) is 2.85. The number of carboxylic acids is 1. The van der Waals surface area contributed by atoms with Gasteiger partial charge in [0.2, 0.25) is 0 Å². The Labute approximate surface area is 110 Å². The number of carboxylic acid groups (broad SMARTS) is 1. The molecule has 0 aliphatic carbocycles. The number of carbonyl (C=O) groups excluding carboxylic acids is 1. The van der Waals surface area contributed by atoms with E-state index in [1.807, 2.05) is 0 Å². The Morgan fingerprint density at radius 1 is 1.53 bits per heavy atom. The number of aromatic carboxylic acids is 1. The van der Waals surface area contributed by atoms with Crippen LogP contribution in [0.15, 0.2) is 12.1 Å². The molecule has 0 aliphatic rings. The van der Waals surface area contributed by atoms with Gasteiger partial charge >= 0.3 is 29.6 Å². The number of hydrogen-bond acceptors (Lipinski definition) is 4. The Morgan fingerprint density at radius 3 is 2.53 bits per heavy atom. The van der Waals surface area contributed by atoms with Gasteiger partial charge in [0.1, 0.15) is 11.5 Å². The van der Waals surface area contributed by atoms with Crippen LogP contribution in [0.25, 0.3) is 0 Å². The van der Waals surface area contributed by atoms with Crippen LogP contribution in [0, 0.1) is 6.92 Å². The minimum Gasteiger partial charge on any atom is -0.545 e. The molecule has 1 N–H and O–H groups in total. The smallest absolute Gasteiger partial charge is 0.545 e. The van der Waals surface area contributed by atoms with E-state index in [0.717, 1.165) is 0 Å². The summed E-state index contributed by atoms with van der Waals surface area (Å²) < 4.78 is 5.13. The van der Waals surface area contributed by atoms with Gasteiger partial charge in [0, 0.05) is 11.6 Å². The first-order valence-electron chi connectivity index (χ1n) is 4.24. The maximum atomic E-state index is 10.6. The summed E-state index contributed by atoms with van der Waals surface area (Å²) in [7, 11) is 0. The van der Waals surface area contributed by atoms with E-state index in [9.17, 15) is 15.0 Å². The van der Waals surface area contributed by atoms with E-state index >= 15 is 0 Å². The average Bonchev–Trinajstić information content (AvgIpc) is 2.01. The van der Waals surface area contributed by atoms with Crippen LogP contribution < -0.4 is 39.4 Å². The molecular weight excluding hydrogens is 207 g/mol. The third-order valence-corrected chi connectivity index (χ3v) is 1.80. The maximum Gasteiger partial charge on any atom is 1.00 e. The summed E-state index contributed by atoms with van der Waals surface area (Å²) in [6.07, 6.45) is 0. The molecule has 0 atom stereocenters. The van der Waals surface area contributed by atoms with E-state index in [1.54, 1.807) is 19.9 Å². The second kappa shape index (κ2) is 6.00. The number of ether oxygens (including phenoxy) is 1. The maximum absolute atomic E-state index is 10.6. The van der Waals surface area contributed by atoms with E-state index in [4.69, 9.17) is 4.74 Å². The second-order valence-electron chi connectivity index (χ2n) is 2.85. The van der Waals surface area contributed by atoms with Crippen molar-refractivity contribution < 1.29 is 49.3 Å². The van der Waals surface area contributed by atoms with Gasteiger partial charge in [-0.2, -0.15) is 0 Å². The largest absolute Gasteiger partial charge is 1.00 e. The molecule has 0 radical (unpaired) electrons. The number of aromatic hydroxyl groups is 1. The van der Waals surface area contributed by atoms with Gasteiger partial charge in [-0.1, -0.05) is 0 Å². The molecule has 0 saturated carbocycles. The number of aryl methyl sites for hydroxylation is 1. The third-order valence-electron chi connectivity index (χ3n) is 1.80. The number of phenols is 1. The van der Waals surface area contributed by atoms with Gasteiger partial charge in [0.25, 0.3) is 0 Å². The molecular formula is C10H11NaO4. The molecule has 1 rings (SSSR count). The quantitative estimate of drug-likeness (QED) is 0.568. The first-order chi connectivity index (χ1) is 6.56. The van der Waals surface area contributed by atoms with Gasteiger partial charge in [-0.15, -0.1) is 0 Å². The third kappa shape index (κ3) is 3.41. The van der Waals surface area contributed by atoms with Crippen molar-refractivity contribution in [2.45, 2.75) is 13.8 Å². The predicted molar refractivity (Wildman–Crippen MR) is 48.3 cm³/mol. The van der Waals surface area contributed by atoms with Gasteiger partial charge in [-0.25, -0.2) is 0 Å². The molecule has 0 aromatic heterocycles. The van der Waals surface area contributed by atoms with Gasteiger partial charge < -0.3 is 19.7 Å². The summed E-state index contributed by atoms with van der Waals surface area (Å²) in [4.78, 5) is 10.6. The molecule has 0 unspecified atom stereocenters. The standard InChI is InChI=1S/C10H12O4.Na/c1-3-14-7-4-6(2)9(10(12)13)8(11)5-7;/h4-5,11H,3H2,1-2H3,(H,12,13);/q;+1/p-1. The summed E-state index contributed by atoms with van der Waals surface area (Å²) in [5.41, 5.74) is 0.238. The number of carbonyl (C=O) groups is 1. The van der Waals surface area contributed by atoms with Crippen LogP contribution in [0.4, 0.5) is 0 Å². The summed E-state index contributed by atoms with van der Waals surface area (Å²) >= 11 is 0. The molecule has 0 fully saturated rings. The number of benzene rings is 1. The molecule has 0 bridgehead atoms. The zero-order valence-electron chi connectivity index (χ0n) is 9.03. The van der Waals surface area contributed by atoms with Gasteiger partial charge in [-0.3, -0.25) is 0 Å². The van der Waals surface area contributed by atoms with Crippen LogP contribution in [-0.4, -0.2) is 17.7 Å². The fraction of sp³-hybridized carbons (Fsp3) is 0.300. The van der Waals surface area contributed by atoms with Gasteiger partial charge in [0.05, 0.1) is 12.6 Å². The van der Waals surface area contributed by atoms with Crippen LogP contribution in [0.3, 0.4) is 0 Å². The Balaban J connectivity index is 0.00000196. The predicted octanol–water partition coefficient (Wildman–Crippen LogP) is -2.53. The molecule has 0 aliphatic heterocycles. The Morgan fingerprint density at radius 2 is 2.13 bits per heavy atom. The molecule has 0 amide bonds. The molecule has 4 nitrogen and oxygen atoms in total. The van der Waals surface area contributed by atoms with Crippen molar-refractivity contribution in [3.63, 3.8) is 0 Å². The van der Waals surface area contributed by atoms with Crippen LogP contribution in [0.1, 0.15) is 22.8 Å². The summed E-state index contributed by atoms with van der Waals surface area (Å²) in [6, 6.07) is 2.82. The van der Waals surface area contributed by atoms with E-state index in [-0.39, 0.29) is 40.9 Å². The first-order valence-corrected chi connectivity index (χ1v) is 4.24. The van der Waals surface area contributed by atoms with Crippen molar-refractivity contribution in [1.29, 1.82) is 0 Å². The summed E-state index contributed by atoms with van der Waals surface area (Å²) in [6.45, 7) is 3.84. The molecule has 1 aromatic carbocycles. The Bertz CT molecular complexity index is 339. The van der Waals surface area contributed by atoms with Crippen LogP contribution >= 0.6 is 0 Å². The number of hydrogen-bond donors (Lipinski definition) is 1. The zero-order chi connectivity index (χ0) is 10.7. The Hall–Kier alpha value is -0.710. The molecule has 76 valence electrons. The topological polar surface area (TPSA) is 69.6 Å². The molecule has 1 aromatic rings. The van der Waals surface area contributed by atoms with Crippen molar-refractivity contribution in [2.24, 2.45) is 0 Å². The van der Waals surface area contributed by atoms with Gasteiger partial charge in [0.15, 0.2) is 0 Å². The minimum absolute atomic E-state index is 0. The molecule has 0 heterocycles. The Kier molecular flexibility index (Phi) is 5.72. The summed E-state index contributed by atoms with van der Waals surface area (Å²) in [5.74, 6) is -1.26. The van der Waals surface area contributed by atoms with Crippen molar-refractivity contribution in [1.82, 2.24) is 0 Å². The average molecular weight is 218 g/mol. The minimum atomic E-state index is -1.39. The van der Waals surface area contributed by atoms with Crippen LogP contribution in [0.5, 0.6) is 11.5 Å². The van der Waals surface area contributed by atoms with Crippen molar-refractivity contribution in [3.05, 3.63) is 23.3 Å². The van der Waals surface area contributed by atoms with Crippen molar-refractivity contribution in [2.75, 3.05) is 6.61 Å². The van der Waals surface area contributed by atoms with E-state index < -0.39 is 5.97 Å². The van der Waals surface area contributed by atoms with Crippen molar-refractivity contribution in [3.8, 4) is 11.5 Å². The number of rotatable bonds is 3. The van der Waals surface area contributed by atoms with Crippen LogP contribution in [0.2, 0.25) is 0 Å². The van der Waals surface area contributed by atoms with E-state index in [0.29, 0.717) is 17.9 Å². The fourth-order valence-electron chi connectivity index (χ4n) is 1.25. The fourth-order valence-corrected chi connectivity index (χ4v) is 1.25. The van der Waals surface area contributed by atoms with Crippen molar-refractivity contribution >= 4 is 5.97 Å². The monoisotopic (exact) mass is 218 g/mol. The van der Waals surface area contributed by atoms with E-state index in [2.05, 4.69) is 0 Å². The molecule has 0 saturated heterocycles.